The molecule has 1 N–H and O–H groups in total. The Hall–Kier alpha value is -0.860. The molecule has 2 atom stereocenters. The van der Waals surface area contributed by atoms with Gasteiger partial charge < -0.3 is 9.84 Å². The zero-order valence-corrected chi connectivity index (χ0v) is 9.52. The number of hydrogen-bond donors (Lipinski definition) is 1. The standard InChI is InChI=1S/C13H20O2/c1-11(8-9-14)12(2)15-10-13-6-4-3-5-7-13/h3-7,11-12,14H,8-10H2,1-2H3/t11?,12-/m1/s1. The number of aliphatic hydroxyl groups excluding tert-OH is 1. The molecule has 1 aromatic carbocycles. The third kappa shape index (κ3) is 4.45. The normalized spacial score (nSPS) is 14.9. The van der Waals surface area contributed by atoms with Crippen molar-refractivity contribution < 1.29 is 9.84 Å². The molecule has 0 aliphatic rings. The molecular formula is C13H20O2. The van der Waals surface area contributed by atoms with Crippen molar-refractivity contribution in [3.63, 3.8) is 0 Å². The van der Waals surface area contributed by atoms with Crippen molar-refractivity contribution in [2.75, 3.05) is 6.61 Å². The van der Waals surface area contributed by atoms with Crippen LogP contribution in [0.4, 0.5) is 0 Å². The summed E-state index contributed by atoms with van der Waals surface area (Å²) in [5.74, 6) is 0.402. The monoisotopic (exact) mass is 208 g/mol. The summed E-state index contributed by atoms with van der Waals surface area (Å²) >= 11 is 0. The molecule has 1 aromatic rings. The molecule has 0 amide bonds. The highest BCUT2D eigenvalue weighted by molar-refractivity contribution is 5.13. The van der Waals surface area contributed by atoms with Crippen molar-refractivity contribution in [2.24, 2.45) is 5.92 Å². The summed E-state index contributed by atoms with van der Waals surface area (Å²) in [6.45, 7) is 5.05. The summed E-state index contributed by atoms with van der Waals surface area (Å²) in [6, 6.07) is 10.1. The minimum Gasteiger partial charge on any atom is -0.396 e. The van der Waals surface area contributed by atoms with E-state index >= 15 is 0 Å². The van der Waals surface area contributed by atoms with Crippen LogP contribution < -0.4 is 0 Å². The quantitative estimate of drug-likeness (QED) is 0.778. The van der Waals surface area contributed by atoms with Gasteiger partial charge in [-0.1, -0.05) is 37.3 Å². The Bertz CT molecular complexity index is 258. The first-order valence-electron chi connectivity index (χ1n) is 5.50. The molecule has 0 aliphatic heterocycles. The lowest BCUT2D eigenvalue weighted by molar-refractivity contribution is 0.0116. The summed E-state index contributed by atoms with van der Waals surface area (Å²) in [7, 11) is 0. The predicted molar refractivity (Wildman–Crippen MR) is 61.6 cm³/mol. The second kappa shape index (κ2) is 6.59. The van der Waals surface area contributed by atoms with Crippen LogP contribution in [0.5, 0.6) is 0 Å². The first-order chi connectivity index (χ1) is 7.24. The van der Waals surface area contributed by atoms with Crippen molar-refractivity contribution in [3.05, 3.63) is 35.9 Å². The van der Waals surface area contributed by atoms with E-state index in [2.05, 4.69) is 26.0 Å². The second-order valence-electron chi connectivity index (χ2n) is 3.99. The topological polar surface area (TPSA) is 29.5 Å². The maximum Gasteiger partial charge on any atom is 0.0720 e. The Balaban J connectivity index is 2.31. The van der Waals surface area contributed by atoms with Gasteiger partial charge in [-0.05, 0) is 24.8 Å². The number of ether oxygens (including phenoxy) is 1. The van der Waals surface area contributed by atoms with Gasteiger partial charge in [0.15, 0.2) is 0 Å². The van der Waals surface area contributed by atoms with Crippen LogP contribution in [0, 0.1) is 5.92 Å². The Kier molecular flexibility index (Phi) is 5.37. The van der Waals surface area contributed by atoms with Gasteiger partial charge in [0, 0.05) is 6.61 Å². The fraction of sp³-hybridized carbons (Fsp3) is 0.538. The molecule has 15 heavy (non-hydrogen) atoms. The molecular weight excluding hydrogens is 188 g/mol. The van der Waals surface area contributed by atoms with Crippen molar-refractivity contribution in [2.45, 2.75) is 33.0 Å². The lowest BCUT2D eigenvalue weighted by Crippen LogP contribution is -2.19. The van der Waals surface area contributed by atoms with Crippen LogP contribution in [0.2, 0.25) is 0 Å². The average Bonchev–Trinajstić information content (AvgIpc) is 2.27. The summed E-state index contributed by atoms with van der Waals surface area (Å²) in [5.41, 5.74) is 1.19. The van der Waals surface area contributed by atoms with Gasteiger partial charge in [-0.3, -0.25) is 0 Å². The van der Waals surface area contributed by atoms with Crippen molar-refractivity contribution in [1.82, 2.24) is 0 Å². The Morgan fingerprint density at radius 1 is 1.20 bits per heavy atom. The minimum absolute atomic E-state index is 0.192. The highest BCUT2D eigenvalue weighted by atomic mass is 16.5. The van der Waals surface area contributed by atoms with Crippen LogP contribution in [-0.4, -0.2) is 17.8 Å². The van der Waals surface area contributed by atoms with Gasteiger partial charge in [0.05, 0.1) is 12.7 Å². The van der Waals surface area contributed by atoms with Crippen LogP contribution in [-0.2, 0) is 11.3 Å². The van der Waals surface area contributed by atoms with Crippen LogP contribution in [0.1, 0.15) is 25.8 Å². The van der Waals surface area contributed by atoms with Crippen LogP contribution in [0.3, 0.4) is 0 Å². The first-order valence-corrected chi connectivity index (χ1v) is 5.50. The molecule has 0 aliphatic carbocycles. The Labute approximate surface area is 91.9 Å². The second-order valence-corrected chi connectivity index (χ2v) is 3.99. The zero-order chi connectivity index (χ0) is 11.1. The Morgan fingerprint density at radius 2 is 1.87 bits per heavy atom. The van der Waals surface area contributed by atoms with E-state index in [9.17, 15) is 0 Å². The summed E-state index contributed by atoms with van der Waals surface area (Å²) in [4.78, 5) is 0. The SMILES string of the molecule is CC(CCO)[C@@H](C)OCc1ccccc1. The van der Waals surface area contributed by atoms with E-state index in [4.69, 9.17) is 9.84 Å². The largest absolute Gasteiger partial charge is 0.396 e. The van der Waals surface area contributed by atoms with Crippen LogP contribution in [0.15, 0.2) is 30.3 Å². The van der Waals surface area contributed by atoms with Gasteiger partial charge in [0.1, 0.15) is 0 Å². The van der Waals surface area contributed by atoms with E-state index in [1.807, 2.05) is 18.2 Å². The van der Waals surface area contributed by atoms with Gasteiger partial charge in [-0.2, -0.15) is 0 Å². The molecule has 0 saturated heterocycles. The molecule has 0 radical (unpaired) electrons. The number of benzene rings is 1. The van der Waals surface area contributed by atoms with E-state index < -0.39 is 0 Å². The number of hydrogen-bond acceptors (Lipinski definition) is 2. The fourth-order valence-electron chi connectivity index (χ4n) is 1.40. The van der Waals surface area contributed by atoms with Crippen molar-refractivity contribution in [3.8, 4) is 0 Å². The van der Waals surface area contributed by atoms with Gasteiger partial charge in [-0.15, -0.1) is 0 Å². The van der Waals surface area contributed by atoms with E-state index in [-0.39, 0.29) is 12.7 Å². The van der Waals surface area contributed by atoms with Gasteiger partial charge >= 0.3 is 0 Å². The first kappa shape index (κ1) is 12.2. The minimum atomic E-state index is 0.192. The van der Waals surface area contributed by atoms with Crippen LogP contribution >= 0.6 is 0 Å². The number of rotatable bonds is 6. The average molecular weight is 208 g/mol. The molecule has 2 nitrogen and oxygen atoms in total. The molecule has 0 fully saturated rings. The van der Waals surface area contributed by atoms with E-state index in [1.165, 1.54) is 5.56 Å². The Morgan fingerprint density at radius 3 is 2.47 bits per heavy atom. The molecule has 0 spiro atoms. The summed E-state index contributed by atoms with van der Waals surface area (Å²) < 4.78 is 5.73. The molecule has 1 rings (SSSR count). The van der Waals surface area contributed by atoms with Gasteiger partial charge in [0.25, 0.3) is 0 Å². The van der Waals surface area contributed by atoms with Crippen LogP contribution in [0.25, 0.3) is 0 Å². The van der Waals surface area contributed by atoms with Gasteiger partial charge in [-0.25, -0.2) is 0 Å². The highest BCUT2D eigenvalue weighted by Crippen LogP contribution is 2.13. The zero-order valence-electron chi connectivity index (χ0n) is 9.52. The lowest BCUT2D eigenvalue weighted by atomic mass is 10.0. The molecule has 0 saturated carbocycles. The molecule has 84 valence electrons. The fourth-order valence-corrected chi connectivity index (χ4v) is 1.40. The third-order valence-electron chi connectivity index (χ3n) is 2.74. The molecule has 0 aromatic heterocycles. The van der Waals surface area contributed by atoms with E-state index in [0.29, 0.717) is 12.5 Å². The van der Waals surface area contributed by atoms with E-state index in [1.54, 1.807) is 0 Å². The molecule has 0 bridgehead atoms. The third-order valence-corrected chi connectivity index (χ3v) is 2.74. The van der Waals surface area contributed by atoms with Crippen molar-refractivity contribution in [1.29, 1.82) is 0 Å². The number of aliphatic hydroxyl groups is 1. The maximum atomic E-state index is 8.82. The molecule has 1 unspecified atom stereocenters. The summed E-state index contributed by atoms with van der Waals surface area (Å²) in [5, 5.41) is 8.82. The maximum absolute atomic E-state index is 8.82. The lowest BCUT2D eigenvalue weighted by Gasteiger charge is -2.19. The van der Waals surface area contributed by atoms with E-state index in [0.717, 1.165) is 6.42 Å². The van der Waals surface area contributed by atoms with Gasteiger partial charge in [0.2, 0.25) is 0 Å². The summed E-state index contributed by atoms with van der Waals surface area (Å²) in [6.07, 6.45) is 0.994. The predicted octanol–water partition coefficient (Wildman–Crippen LogP) is 2.61. The molecule has 0 heterocycles. The van der Waals surface area contributed by atoms with Crippen molar-refractivity contribution >= 4 is 0 Å². The molecule has 2 heteroatoms. The smallest absolute Gasteiger partial charge is 0.0720 e. The highest BCUT2D eigenvalue weighted by Gasteiger charge is 2.11.